The van der Waals surface area contributed by atoms with Gasteiger partial charge in [0.05, 0.1) is 0 Å². The van der Waals surface area contributed by atoms with E-state index in [1.165, 1.54) is 18.4 Å². The zero-order valence-corrected chi connectivity index (χ0v) is 13.1. The maximum atomic E-state index is 4.16. The summed E-state index contributed by atoms with van der Waals surface area (Å²) in [6, 6.07) is 4.74. The molecule has 1 unspecified atom stereocenters. The van der Waals surface area contributed by atoms with E-state index in [9.17, 15) is 0 Å². The van der Waals surface area contributed by atoms with E-state index in [4.69, 9.17) is 0 Å². The SMILES string of the molecule is CC(CCCNC(C)(C)C)N(C)Cc1cccnc1. The molecule has 0 aliphatic carbocycles. The molecule has 0 amide bonds. The van der Waals surface area contributed by atoms with E-state index in [1.807, 2.05) is 18.5 Å². The van der Waals surface area contributed by atoms with E-state index in [2.05, 4.69) is 56.0 Å². The Morgan fingerprint density at radius 3 is 2.68 bits per heavy atom. The lowest BCUT2D eigenvalue weighted by molar-refractivity contribution is 0.232. The lowest BCUT2D eigenvalue weighted by atomic mass is 10.1. The second-order valence-corrected chi connectivity index (χ2v) is 6.44. The molecular formula is C16H29N3. The molecule has 0 bridgehead atoms. The Balaban J connectivity index is 2.24. The molecule has 1 aromatic heterocycles. The summed E-state index contributed by atoms with van der Waals surface area (Å²) in [5.41, 5.74) is 1.51. The maximum absolute atomic E-state index is 4.16. The molecule has 0 spiro atoms. The molecule has 1 heterocycles. The maximum Gasteiger partial charge on any atom is 0.0312 e. The fourth-order valence-corrected chi connectivity index (χ4v) is 2.02. The number of nitrogens with one attached hydrogen (secondary N) is 1. The van der Waals surface area contributed by atoms with Gasteiger partial charge in [0.25, 0.3) is 0 Å². The number of rotatable bonds is 7. The number of pyridine rings is 1. The monoisotopic (exact) mass is 263 g/mol. The Hall–Kier alpha value is -0.930. The Morgan fingerprint density at radius 2 is 2.11 bits per heavy atom. The van der Waals surface area contributed by atoms with Crippen molar-refractivity contribution in [3.63, 3.8) is 0 Å². The van der Waals surface area contributed by atoms with Crippen LogP contribution >= 0.6 is 0 Å². The molecule has 19 heavy (non-hydrogen) atoms. The highest BCUT2D eigenvalue weighted by Crippen LogP contribution is 2.09. The lowest BCUT2D eigenvalue weighted by Crippen LogP contribution is -2.37. The predicted molar refractivity (Wildman–Crippen MR) is 82.2 cm³/mol. The van der Waals surface area contributed by atoms with Gasteiger partial charge in [-0.2, -0.15) is 0 Å². The fraction of sp³-hybridized carbons (Fsp3) is 0.688. The van der Waals surface area contributed by atoms with Crippen molar-refractivity contribution in [3.05, 3.63) is 30.1 Å². The van der Waals surface area contributed by atoms with Crippen LogP contribution in [0.5, 0.6) is 0 Å². The fourth-order valence-electron chi connectivity index (χ4n) is 2.02. The smallest absolute Gasteiger partial charge is 0.0312 e. The van der Waals surface area contributed by atoms with Gasteiger partial charge in [0, 0.05) is 30.5 Å². The highest BCUT2D eigenvalue weighted by Gasteiger charge is 2.11. The molecule has 1 N–H and O–H groups in total. The first kappa shape index (κ1) is 16.1. The Kier molecular flexibility index (Phi) is 6.46. The standard InChI is InChI=1S/C16H29N3/c1-14(8-6-11-18-16(2,3)4)19(5)13-15-9-7-10-17-12-15/h7,9-10,12,14,18H,6,8,11,13H2,1-5H3. The molecular weight excluding hydrogens is 234 g/mol. The van der Waals surface area contributed by atoms with Gasteiger partial charge < -0.3 is 5.32 Å². The van der Waals surface area contributed by atoms with Crippen LogP contribution in [0.3, 0.4) is 0 Å². The second-order valence-electron chi connectivity index (χ2n) is 6.44. The lowest BCUT2D eigenvalue weighted by Gasteiger charge is -2.26. The summed E-state index contributed by atoms with van der Waals surface area (Å²) < 4.78 is 0. The van der Waals surface area contributed by atoms with Crippen LogP contribution in [0.15, 0.2) is 24.5 Å². The van der Waals surface area contributed by atoms with Crippen LogP contribution in [-0.4, -0.2) is 35.1 Å². The van der Waals surface area contributed by atoms with Gasteiger partial charge in [-0.1, -0.05) is 6.07 Å². The summed E-state index contributed by atoms with van der Waals surface area (Å²) in [4.78, 5) is 6.56. The molecule has 0 aliphatic heterocycles. The molecule has 3 nitrogen and oxygen atoms in total. The van der Waals surface area contributed by atoms with Gasteiger partial charge in [0.15, 0.2) is 0 Å². The first-order chi connectivity index (χ1) is 8.88. The van der Waals surface area contributed by atoms with Crippen LogP contribution in [0, 0.1) is 0 Å². The van der Waals surface area contributed by atoms with E-state index >= 15 is 0 Å². The third-order valence-corrected chi connectivity index (χ3v) is 3.36. The van der Waals surface area contributed by atoms with Gasteiger partial charge >= 0.3 is 0 Å². The molecule has 0 aliphatic rings. The second kappa shape index (κ2) is 7.61. The van der Waals surface area contributed by atoms with Crippen molar-refractivity contribution in [1.29, 1.82) is 0 Å². The van der Waals surface area contributed by atoms with Crippen LogP contribution in [0.2, 0.25) is 0 Å². The Bertz CT molecular complexity index is 343. The van der Waals surface area contributed by atoms with E-state index in [0.717, 1.165) is 13.1 Å². The Labute approximate surface area is 118 Å². The van der Waals surface area contributed by atoms with Crippen LogP contribution in [0.1, 0.15) is 46.1 Å². The van der Waals surface area contributed by atoms with Crippen LogP contribution in [0.25, 0.3) is 0 Å². The zero-order chi connectivity index (χ0) is 14.3. The van der Waals surface area contributed by atoms with E-state index < -0.39 is 0 Å². The molecule has 3 heteroatoms. The minimum atomic E-state index is 0.227. The topological polar surface area (TPSA) is 28.2 Å². The van der Waals surface area contributed by atoms with Crippen molar-refractivity contribution in [3.8, 4) is 0 Å². The van der Waals surface area contributed by atoms with E-state index in [0.29, 0.717) is 6.04 Å². The zero-order valence-electron chi connectivity index (χ0n) is 13.1. The van der Waals surface area contributed by atoms with Gasteiger partial charge in [-0.3, -0.25) is 9.88 Å². The molecule has 0 aromatic carbocycles. The van der Waals surface area contributed by atoms with Gasteiger partial charge in [0.2, 0.25) is 0 Å². The minimum absolute atomic E-state index is 0.227. The number of hydrogen-bond donors (Lipinski definition) is 1. The average Bonchev–Trinajstić information content (AvgIpc) is 2.34. The largest absolute Gasteiger partial charge is 0.312 e. The highest BCUT2D eigenvalue weighted by molar-refractivity contribution is 5.08. The summed E-state index contributed by atoms with van der Waals surface area (Å²) in [6.07, 6.45) is 6.21. The van der Waals surface area contributed by atoms with Crippen molar-refractivity contribution >= 4 is 0 Å². The molecule has 0 fully saturated rings. The molecule has 1 rings (SSSR count). The third kappa shape index (κ3) is 7.28. The third-order valence-electron chi connectivity index (χ3n) is 3.36. The number of hydrogen-bond acceptors (Lipinski definition) is 3. The molecule has 1 atom stereocenters. The van der Waals surface area contributed by atoms with Crippen molar-refractivity contribution in [2.45, 2.75) is 58.7 Å². The normalized spacial score (nSPS) is 13.8. The number of aromatic nitrogens is 1. The minimum Gasteiger partial charge on any atom is -0.312 e. The van der Waals surface area contributed by atoms with Crippen molar-refractivity contribution in [2.24, 2.45) is 0 Å². The van der Waals surface area contributed by atoms with Crippen molar-refractivity contribution in [2.75, 3.05) is 13.6 Å². The molecule has 0 radical (unpaired) electrons. The summed E-state index contributed by atoms with van der Waals surface area (Å²) in [5.74, 6) is 0. The number of nitrogens with zero attached hydrogens (tertiary/aromatic N) is 2. The van der Waals surface area contributed by atoms with Gasteiger partial charge in [-0.25, -0.2) is 0 Å². The van der Waals surface area contributed by atoms with Gasteiger partial charge in [-0.05, 0) is 65.8 Å². The summed E-state index contributed by atoms with van der Waals surface area (Å²) in [5, 5.41) is 3.54. The van der Waals surface area contributed by atoms with Crippen molar-refractivity contribution in [1.82, 2.24) is 15.2 Å². The molecule has 1 aromatic rings. The average molecular weight is 263 g/mol. The first-order valence-electron chi connectivity index (χ1n) is 7.22. The van der Waals surface area contributed by atoms with Crippen LogP contribution < -0.4 is 5.32 Å². The van der Waals surface area contributed by atoms with Crippen LogP contribution in [-0.2, 0) is 6.54 Å². The van der Waals surface area contributed by atoms with Gasteiger partial charge in [-0.15, -0.1) is 0 Å². The summed E-state index contributed by atoms with van der Waals surface area (Å²) >= 11 is 0. The highest BCUT2D eigenvalue weighted by atomic mass is 15.1. The van der Waals surface area contributed by atoms with E-state index in [-0.39, 0.29) is 5.54 Å². The molecule has 0 saturated heterocycles. The van der Waals surface area contributed by atoms with Crippen molar-refractivity contribution < 1.29 is 0 Å². The van der Waals surface area contributed by atoms with Gasteiger partial charge in [0.1, 0.15) is 0 Å². The quantitative estimate of drug-likeness (QED) is 0.766. The van der Waals surface area contributed by atoms with Crippen LogP contribution in [0.4, 0.5) is 0 Å². The molecule has 0 saturated carbocycles. The first-order valence-corrected chi connectivity index (χ1v) is 7.22. The summed E-state index contributed by atoms with van der Waals surface area (Å²) in [7, 11) is 2.19. The molecule has 108 valence electrons. The predicted octanol–water partition coefficient (Wildman–Crippen LogP) is 3.07. The Morgan fingerprint density at radius 1 is 1.37 bits per heavy atom. The van der Waals surface area contributed by atoms with E-state index in [1.54, 1.807) is 0 Å². The summed E-state index contributed by atoms with van der Waals surface area (Å²) in [6.45, 7) is 11.0.